The van der Waals surface area contributed by atoms with E-state index in [9.17, 15) is 0 Å². The lowest BCUT2D eigenvalue weighted by molar-refractivity contribution is 0.193. The summed E-state index contributed by atoms with van der Waals surface area (Å²) in [5, 5.41) is 3.51. The average molecular weight is 873 g/mol. The molecule has 8 rings (SSSR count). The summed E-state index contributed by atoms with van der Waals surface area (Å²) in [6.45, 7) is 13.5. The molecule has 0 N–H and O–H groups in total. The zero-order chi connectivity index (χ0) is 45.7. The SMILES string of the molecule is C=C(C[C@](C)(C[C@@](C)(CC(C)(C)c1cc2cc(OC)c(OC)cc2o1)c1cc2cc(OC)c(OC)cc2o1)c1cc2cc(OC)c(OC)cc2o1)c1cc2cc(OC)c(OC)cc2o1. The molecule has 0 amide bonds. The number of benzene rings is 4. The number of ether oxygens (including phenoxy) is 8. The van der Waals surface area contributed by atoms with Crippen LogP contribution in [-0.2, 0) is 16.2 Å². The Kier molecular flexibility index (Phi) is 11.4. The van der Waals surface area contributed by atoms with Crippen molar-refractivity contribution in [2.75, 3.05) is 56.9 Å². The van der Waals surface area contributed by atoms with Crippen molar-refractivity contribution >= 4 is 49.5 Å². The largest absolute Gasteiger partial charge is 0.493 e. The Hall–Kier alpha value is -6.82. The molecule has 0 aliphatic rings. The van der Waals surface area contributed by atoms with Gasteiger partial charge < -0.3 is 55.6 Å². The maximum Gasteiger partial charge on any atom is 0.164 e. The van der Waals surface area contributed by atoms with E-state index in [4.69, 9.17) is 55.6 Å². The Morgan fingerprint density at radius 2 is 0.703 bits per heavy atom. The minimum absolute atomic E-state index is 0.442. The van der Waals surface area contributed by atoms with Crippen LogP contribution in [0.25, 0.3) is 49.5 Å². The number of furan rings is 4. The molecule has 0 radical (unpaired) electrons. The van der Waals surface area contributed by atoms with Gasteiger partial charge in [0.25, 0.3) is 0 Å². The van der Waals surface area contributed by atoms with Crippen molar-refractivity contribution < 1.29 is 55.6 Å². The number of methoxy groups -OCH3 is 8. The van der Waals surface area contributed by atoms with Crippen molar-refractivity contribution in [3.63, 3.8) is 0 Å². The van der Waals surface area contributed by atoms with E-state index in [1.807, 2.05) is 54.6 Å². The summed E-state index contributed by atoms with van der Waals surface area (Å²) in [5.41, 5.74) is 1.46. The smallest absolute Gasteiger partial charge is 0.164 e. The summed E-state index contributed by atoms with van der Waals surface area (Å²) in [5.74, 6) is 7.67. The van der Waals surface area contributed by atoms with Gasteiger partial charge >= 0.3 is 0 Å². The third-order valence-electron chi connectivity index (χ3n) is 12.5. The molecular formula is C52H56O12. The minimum atomic E-state index is -0.737. The Labute approximate surface area is 372 Å². The molecule has 0 fully saturated rings. The molecule has 0 saturated carbocycles. The number of fused-ring (bicyclic) bond motifs is 4. The Morgan fingerprint density at radius 3 is 1.09 bits per heavy atom. The Bertz CT molecular complexity index is 2850. The molecule has 0 bridgehead atoms. The lowest BCUT2D eigenvalue weighted by atomic mass is 9.62. The van der Waals surface area contributed by atoms with Gasteiger partial charge in [-0.1, -0.05) is 34.3 Å². The van der Waals surface area contributed by atoms with E-state index in [-0.39, 0.29) is 0 Å². The average Bonchev–Trinajstić information content (AvgIpc) is 4.11. The summed E-state index contributed by atoms with van der Waals surface area (Å²) in [6, 6.07) is 23.4. The van der Waals surface area contributed by atoms with Gasteiger partial charge in [0.15, 0.2) is 46.0 Å². The molecule has 64 heavy (non-hydrogen) atoms. The summed E-state index contributed by atoms with van der Waals surface area (Å²) in [6.07, 6.45) is 1.54. The molecule has 4 aromatic carbocycles. The molecule has 4 aromatic heterocycles. The van der Waals surface area contributed by atoms with Gasteiger partial charge in [-0.05, 0) is 73.4 Å². The maximum atomic E-state index is 6.92. The molecule has 12 nitrogen and oxygen atoms in total. The summed E-state index contributed by atoms with van der Waals surface area (Å²) < 4.78 is 72.2. The number of hydrogen-bond donors (Lipinski definition) is 0. The fourth-order valence-corrected chi connectivity index (χ4v) is 9.52. The van der Waals surface area contributed by atoms with E-state index >= 15 is 0 Å². The van der Waals surface area contributed by atoms with Crippen molar-refractivity contribution in [1.82, 2.24) is 0 Å². The Balaban J connectivity index is 1.29. The van der Waals surface area contributed by atoms with E-state index < -0.39 is 16.2 Å². The van der Waals surface area contributed by atoms with Gasteiger partial charge in [0, 0.05) is 62.1 Å². The molecule has 0 aliphatic heterocycles. The molecule has 12 heteroatoms. The number of hydrogen-bond acceptors (Lipinski definition) is 12. The summed E-state index contributed by atoms with van der Waals surface area (Å²) in [7, 11) is 12.9. The molecule has 0 aliphatic carbocycles. The standard InChI is InChI=1S/C52H56O12/c1-29(34-14-30-15-39(53-6)43(57-10)22-35(30)61-34)26-51(4,48-20-32-17-41(55-8)45(59-12)24-37(32)63-48)28-52(5,49-21-33-18-42(56-9)46(60-13)25-38(33)64-49)27-50(2,3)47-19-31-16-40(54-7)44(58-11)23-36(31)62-47/h14-25H,1,26-28H2,2-13H3/t51-,52-/m1/s1. The van der Waals surface area contributed by atoms with Crippen molar-refractivity contribution in [2.24, 2.45) is 0 Å². The van der Waals surface area contributed by atoms with Crippen molar-refractivity contribution in [3.8, 4) is 46.0 Å². The van der Waals surface area contributed by atoms with Crippen LogP contribution in [0.15, 0.2) is 97.0 Å². The predicted octanol–water partition coefficient (Wildman–Crippen LogP) is 12.8. The first-order valence-corrected chi connectivity index (χ1v) is 20.9. The van der Waals surface area contributed by atoms with Crippen LogP contribution < -0.4 is 37.9 Å². The van der Waals surface area contributed by atoms with Crippen LogP contribution in [0.4, 0.5) is 0 Å². The van der Waals surface area contributed by atoms with E-state index in [0.717, 1.165) is 44.4 Å². The molecule has 336 valence electrons. The minimum Gasteiger partial charge on any atom is -0.493 e. The van der Waals surface area contributed by atoms with E-state index in [1.165, 1.54) is 0 Å². The molecule has 0 spiro atoms. The third kappa shape index (κ3) is 7.79. The molecule has 0 unspecified atom stereocenters. The monoisotopic (exact) mass is 872 g/mol. The van der Waals surface area contributed by atoms with Gasteiger partial charge in [-0.15, -0.1) is 0 Å². The van der Waals surface area contributed by atoms with E-state index in [2.05, 4.69) is 52.5 Å². The predicted molar refractivity (Wildman–Crippen MR) is 248 cm³/mol. The second-order valence-corrected chi connectivity index (χ2v) is 17.6. The fraction of sp³-hybridized carbons (Fsp3) is 0.346. The molecule has 0 saturated heterocycles. The van der Waals surface area contributed by atoms with Crippen LogP contribution in [0.2, 0.25) is 0 Å². The van der Waals surface area contributed by atoms with Crippen LogP contribution in [0, 0.1) is 0 Å². The van der Waals surface area contributed by atoms with Crippen LogP contribution >= 0.6 is 0 Å². The van der Waals surface area contributed by atoms with Crippen LogP contribution in [0.1, 0.15) is 70.0 Å². The summed E-state index contributed by atoms with van der Waals surface area (Å²) >= 11 is 0. The normalized spacial score (nSPS) is 13.8. The topological polar surface area (TPSA) is 126 Å². The molecular weight excluding hydrogens is 817 g/mol. The highest BCUT2D eigenvalue weighted by molar-refractivity contribution is 5.86. The third-order valence-corrected chi connectivity index (χ3v) is 12.5. The first-order valence-electron chi connectivity index (χ1n) is 20.9. The summed E-state index contributed by atoms with van der Waals surface area (Å²) in [4.78, 5) is 0. The quantitative estimate of drug-likeness (QED) is 0.0814. The number of allylic oxidation sites excluding steroid dienone is 1. The van der Waals surface area contributed by atoms with E-state index in [1.54, 1.807) is 56.9 Å². The second-order valence-electron chi connectivity index (χ2n) is 17.6. The second kappa shape index (κ2) is 16.7. The first-order chi connectivity index (χ1) is 30.6. The van der Waals surface area contributed by atoms with Crippen LogP contribution in [0.3, 0.4) is 0 Å². The highest BCUT2D eigenvalue weighted by atomic mass is 16.5. The highest BCUT2D eigenvalue weighted by Crippen LogP contribution is 2.53. The van der Waals surface area contributed by atoms with Gasteiger partial charge in [0.1, 0.15) is 45.4 Å². The molecule has 2 atom stereocenters. The highest BCUT2D eigenvalue weighted by Gasteiger charge is 2.46. The van der Waals surface area contributed by atoms with Crippen molar-refractivity contribution in [1.29, 1.82) is 0 Å². The Morgan fingerprint density at radius 1 is 0.391 bits per heavy atom. The van der Waals surface area contributed by atoms with Gasteiger partial charge in [0.05, 0.1) is 56.9 Å². The van der Waals surface area contributed by atoms with Gasteiger partial charge in [-0.2, -0.15) is 0 Å². The zero-order valence-corrected chi connectivity index (χ0v) is 38.7. The van der Waals surface area contributed by atoms with Gasteiger partial charge in [-0.25, -0.2) is 0 Å². The van der Waals surface area contributed by atoms with Gasteiger partial charge in [0.2, 0.25) is 0 Å². The fourth-order valence-electron chi connectivity index (χ4n) is 9.52. The van der Waals surface area contributed by atoms with E-state index in [0.29, 0.717) is 93.4 Å². The van der Waals surface area contributed by atoms with Crippen LogP contribution in [-0.4, -0.2) is 56.9 Å². The lowest BCUT2D eigenvalue weighted by Crippen LogP contribution is -2.38. The van der Waals surface area contributed by atoms with Crippen molar-refractivity contribution in [2.45, 2.75) is 63.2 Å². The van der Waals surface area contributed by atoms with Crippen LogP contribution in [0.5, 0.6) is 46.0 Å². The van der Waals surface area contributed by atoms with Crippen molar-refractivity contribution in [3.05, 3.63) is 102 Å². The lowest BCUT2D eigenvalue weighted by Gasteiger charge is -2.41. The first kappa shape index (κ1) is 43.8. The maximum absolute atomic E-state index is 6.92. The van der Waals surface area contributed by atoms with Gasteiger partial charge in [-0.3, -0.25) is 0 Å². The number of rotatable bonds is 18. The molecule has 4 heterocycles. The molecule has 8 aromatic rings. The zero-order valence-electron chi connectivity index (χ0n) is 38.7.